The Kier molecular flexibility index (Phi) is 3.50. The number of benzene rings is 1. The fourth-order valence-electron chi connectivity index (χ4n) is 1.40. The van der Waals surface area contributed by atoms with Gasteiger partial charge in [0.05, 0.1) is 0 Å². The summed E-state index contributed by atoms with van der Waals surface area (Å²) >= 11 is 11.7. The molecule has 0 atom stereocenters. The molecule has 0 bridgehead atoms. The molecule has 0 saturated heterocycles. The van der Waals surface area contributed by atoms with Gasteiger partial charge in [0.25, 0.3) is 0 Å². The number of nitrogens with one attached hydrogen (secondary N) is 1. The fraction of sp³-hybridized carbons (Fsp3) is 0.167. The Morgan fingerprint density at radius 3 is 2.65 bits per heavy atom. The molecular weight excluding hydrogens is 257 g/mol. The smallest absolute Gasteiger partial charge is 0.224 e. The Morgan fingerprint density at radius 2 is 1.88 bits per heavy atom. The van der Waals surface area contributed by atoms with Crippen LogP contribution in [-0.2, 0) is 0 Å². The van der Waals surface area contributed by atoms with Crippen LogP contribution in [0.4, 0.5) is 11.5 Å². The van der Waals surface area contributed by atoms with E-state index < -0.39 is 0 Å². The van der Waals surface area contributed by atoms with Crippen LogP contribution in [0.15, 0.2) is 24.4 Å². The maximum absolute atomic E-state index is 5.96. The van der Waals surface area contributed by atoms with Crippen LogP contribution in [0.1, 0.15) is 11.1 Å². The average molecular weight is 268 g/mol. The first-order valence-electron chi connectivity index (χ1n) is 5.08. The zero-order chi connectivity index (χ0) is 12.4. The van der Waals surface area contributed by atoms with Crippen LogP contribution < -0.4 is 5.32 Å². The summed E-state index contributed by atoms with van der Waals surface area (Å²) in [5, 5.41) is 4.10. The molecule has 0 fully saturated rings. The third-order valence-electron chi connectivity index (χ3n) is 2.39. The van der Waals surface area contributed by atoms with Crippen molar-refractivity contribution in [1.82, 2.24) is 9.97 Å². The van der Waals surface area contributed by atoms with Crippen LogP contribution in [0.2, 0.25) is 10.3 Å². The van der Waals surface area contributed by atoms with E-state index in [9.17, 15) is 0 Å². The third-order valence-corrected chi connectivity index (χ3v) is 2.81. The maximum Gasteiger partial charge on any atom is 0.224 e. The van der Waals surface area contributed by atoms with E-state index in [1.165, 1.54) is 0 Å². The highest BCUT2D eigenvalue weighted by Crippen LogP contribution is 2.25. The maximum atomic E-state index is 5.96. The van der Waals surface area contributed by atoms with Crippen LogP contribution in [-0.4, -0.2) is 9.97 Å². The van der Waals surface area contributed by atoms with E-state index in [-0.39, 0.29) is 5.28 Å². The fourth-order valence-corrected chi connectivity index (χ4v) is 1.71. The first-order valence-corrected chi connectivity index (χ1v) is 5.84. The molecule has 5 heteroatoms. The lowest BCUT2D eigenvalue weighted by Gasteiger charge is -2.11. The van der Waals surface area contributed by atoms with Gasteiger partial charge in [0.15, 0.2) is 0 Å². The normalized spacial score (nSPS) is 10.4. The van der Waals surface area contributed by atoms with Gasteiger partial charge in [-0.2, -0.15) is 0 Å². The summed E-state index contributed by atoms with van der Waals surface area (Å²) in [6.07, 6.45) is 1.68. The monoisotopic (exact) mass is 267 g/mol. The number of hydrogen-bond donors (Lipinski definition) is 1. The van der Waals surface area contributed by atoms with Crippen molar-refractivity contribution in [3.63, 3.8) is 0 Å². The second kappa shape index (κ2) is 4.90. The van der Waals surface area contributed by atoms with Crippen LogP contribution >= 0.6 is 23.2 Å². The summed E-state index contributed by atoms with van der Waals surface area (Å²) in [6, 6.07) is 5.65. The number of anilines is 2. The number of aromatic nitrogens is 2. The van der Waals surface area contributed by atoms with Crippen molar-refractivity contribution < 1.29 is 0 Å². The molecule has 17 heavy (non-hydrogen) atoms. The number of rotatable bonds is 2. The second-order valence-electron chi connectivity index (χ2n) is 3.75. The molecule has 88 valence electrons. The largest absolute Gasteiger partial charge is 0.340 e. The molecule has 0 aliphatic rings. The van der Waals surface area contributed by atoms with E-state index in [1.54, 1.807) is 6.20 Å². The summed E-state index contributed by atoms with van der Waals surface area (Å²) in [5.41, 5.74) is 2.92. The first kappa shape index (κ1) is 12.1. The molecule has 2 aromatic rings. The lowest BCUT2D eigenvalue weighted by atomic mass is 10.2. The van der Waals surface area contributed by atoms with Crippen LogP contribution in [0.25, 0.3) is 0 Å². The molecule has 0 unspecified atom stereocenters. The summed E-state index contributed by atoms with van der Waals surface area (Å²) in [6.45, 7) is 3.91. The summed E-state index contributed by atoms with van der Waals surface area (Å²) < 4.78 is 0. The summed E-state index contributed by atoms with van der Waals surface area (Å²) in [4.78, 5) is 8.05. The van der Waals surface area contributed by atoms with Gasteiger partial charge in [0.2, 0.25) is 5.28 Å². The van der Waals surface area contributed by atoms with Crippen molar-refractivity contribution in [2.24, 2.45) is 0 Å². The molecule has 1 heterocycles. The quantitative estimate of drug-likeness (QED) is 0.831. The molecule has 1 N–H and O–H groups in total. The van der Waals surface area contributed by atoms with E-state index in [0.717, 1.165) is 16.8 Å². The molecule has 2 rings (SSSR count). The predicted molar refractivity (Wildman–Crippen MR) is 71.3 cm³/mol. The standard InChI is InChI=1S/C12H11Cl2N3/c1-7-3-4-9(13)5-10(7)16-11-8(2)6-15-12(14)17-11/h3-6H,1-2H3,(H,15,16,17). The molecule has 1 aromatic carbocycles. The second-order valence-corrected chi connectivity index (χ2v) is 4.53. The van der Waals surface area contributed by atoms with Gasteiger partial charge in [-0.15, -0.1) is 0 Å². The van der Waals surface area contributed by atoms with Crippen molar-refractivity contribution in [3.05, 3.63) is 45.8 Å². The number of halogens is 2. The Morgan fingerprint density at radius 1 is 1.12 bits per heavy atom. The van der Waals surface area contributed by atoms with Crippen molar-refractivity contribution in [2.45, 2.75) is 13.8 Å². The lowest BCUT2D eigenvalue weighted by Crippen LogP contribution is -1.99. The van der Waals surface area contributed by atoms with Gasteiger partial charge >= 0.3 is 0 Å². The van der Waals surface area contributed by atoms with Crippen LogP contribution in [0, 0.1) is 13.8 Å². The highest BCUT2D eigenvalue weighted by atomic mass is 35.5. The van der Waals surface area contributed by atoms with Crippen molar-refractivity contribution in [1.29, 1.82) is 0 Å². The SMILES string of the molecule is Cc1ccc(Cl)cc1Nc1nc(Cl)ncc1C. The lowest BCUT2D eigenvalue weighted by molar-refractivity contribution is 1.13. The van der Waals surface area contributed by atoms with Gasteiger partial charge in [0.1, 0.15) is 5.82 Å². The predicted octanol–water partition coefficient (Wildman–Crippen LogP) is 4.14. The molecule has 3 nitrogen and oxygen atoms in total. The molecule has 0 spiro atoms. The highest BCUT2D eigenvalue weighted by Gasteiger charge is 2.05. The molecule has 0 aliphatic heterocycles. The average Bonchev–Trinajstić information content (AvgIpc) is 2.28. The Bertz CT molecular complexity index is 506. The number of hydrogen-bond acceptors (Lipinski definition) is 3. The Balaban J connectivity index is 2.37. The van der Waals surface area contributed by atoms with Crippen molar-refractivity contribution >= 4 is 34.7 Å². The van der Waals surface area contributed by atoms with Crippen LogP contribution in [0.5, 0.6) is 0 Å². The van der Waals surface area contributed by atoms with E-state index in [0.29, 0.717) is 10.8 Å². The van der Waals surface area contributed by atoms with Gasteiger partial charge in [-0.25, -0.2) is 9.97 Å². The van der Waals surface area contributed by atoms with Gasteiger partial charge < -0.3 is 5.32 Å². The van der Waals surface area contributed by atoms with Crippen molar-refractivity contribution in [2.75, 3.05) is 5.32 Å². The van der Waals surface area contributed by atoms with E-state index in [1.807, 2.05) is 32.0 Å². The van der Waals surface area contributed by atoms with E-state index in [4.69, 9.17) is 23.2 Å². The molecule has 0 amide bonds. The zero-order valence-corrected chi connectivity index (χ0v) is 11.0. The molecule has 1 aromatic heterocycles. The van der Waals surface area contributed by atoms with E-state index >= 15 is 0 Å². The molecule has 0 aliphatic carbocycles. The topological polar surface area (TPSA) is 37.8 Å². The minimum absolute atomic E-state index is 0.220. The van der Waals surface area contributed by atoms with Gasteiger partial charge in [-0.1, -0.05) is 17.7 Å². The van der Waals surface area contributed by atoms with E-state index in [2.05, 4.69) is 15.3 Å². The number of nitrogens with zero attached hydrogens (tertiary/aromatic N) is 2. The molecule has 0 radical (unpaired) electrons. The van der Waals surface area contributed by atoms with Gasteiger partial charge in [0, 0.05) is 22.5 Å². The zero-order valence-electron chi connectivity index (χ0n) is 9.46. The minimum atomic E-state index is 0.220. The molecular formula is C12H11Cl2N3. The Labute approximate surface area is 110 Å². The summed E-state index contributed by atoms with van der Waals surface area (Å²) in [7, 11) is 0. The molecule has 0 saturated carbocycles. The summed E-state index contributed by atoms with van der Waals surface area (Å²) in [5.74, 6) is 0.690. The first-order chi connectivity index (χ1) is 8.06. The Hall–Kier alpha value is -1.32. The van der Waals surface area contributed by atoms with Crippen molar-refractivity contribution in [3.8, 4) is 0 Å². The highest BCUT2D eigenvalue weighted by molar-refractivity contribution is 6.31. The minimum Gasteiger partial charge on any atom is -0.340 e. The van der Waals surface area contributed by atoms with Gasteiger partial charge in [-0.3, -0.25) is 0 Å². The third kappa shape index (κ3) is 2.87. The van der Waals surface area contributed by atoms with Gasteiger partial charge in [-0.05, 0) is 43.1 Å². The number of aryl methyl sites for hydroxylation is 2. The van der Waals surface area contributed by atoms with Crippen LogP contribution in [0.3, 0.4) is 0 Å².